The molecule has 0 radical (unpaired) electrons. The number of hydrogen-bond donors (Lipinski definition) is 2. The highest BCUT2D eigenvalue weighted by atomic mass is 16.5. The van der Waals surface area contributed by atoms with E-state index in [0.29, 0.717) is 26.0 Å². The van der Waals surface area contributed by atoms with Crippen molar-refractivity contribution in [3.63, 3.8) is 0 Å². The quantitative estimate of drug-likeness (QED) is 0.770. The lowest BCUT2D eigenvalue weighted by molar-refractivity contribution is -0.147. The van der Waals surface area contributed by atoms with E-state index in [1.807, 2.05) is 13.8 Å². The molecule has 5 heteroatoms. The van der Waals surface area contributed by atoms with Gasteiger partial charge in [-0.1, -0.05) is 6.92 Å². The molecule has 1 heterocycles. The molecule has 0 aromatic rings. The third-order valence-corrected chi connectivity index (χ3v) is 4.39. The van der Waals surface area contributed by atoms with Gasteiger partial charge in [-0.05, 0) is 26.2 Å². The Hall–Kier alpha value is -0.650. The second kappa shape index (κ2) is 6.87. The van der Waals surface area contributed by atoms with Crippen molar-refractivity contribution < 1.29 is 19.4 Å². The van der Waals surface area contributed by atoms with E-state index < -0.39 is 5.60 Å². The Kier molecular flexibility index (Phi) is 5.41. The monoisotopic (exact) mass is 285 g/mol. The molecule has 20 heavy (non-hydrogen) atoms. The molecule has 1 amide bonds. The molecule has 2 atom stereocenters. The Morgan fingerprint density at radius 1 is 1.45 bits per heavy atom. The van der Waals surface area contributed by atoms with Crippen LogP contribution in [-0.2, 0) is 14.3 Å². The lowest BCUT2D eigenvalue weighted by Gasteiger charge is -2.43. The number of carbonyl (C=O) groups is 1. The highest BCUT2D eigenvalue weighted by Gasteiger charge is 2.44. The number of rotatable bonds is 6. The van der Waals surface area contributed by atoms with Gasteiger partial charge in [0, 0.05) is 32.6 Å². The van der Waals surface area contributed by atoms with Gasteiger partial charge in [0.25, 0.3) is 0 Å². The Balaban J connectivity index is 1.75. The average Bonchev–Trinajstić information content (AvgIpc) is 2.43. The molecule has 0 aromatic carbocycles. The lowest BCUT2D eigenvalue weighted by Crippen LogP contribution is -2.56. The summed E-state index contributed by atoms with van der Waals surface area (Å²) in [5.74, 6) is -0.0510. The molecule has 1 aliphatic heterocycles. The number of ether oxygens (including phenoxy) is 2. The normalized spacial score (nSPS) is 37.2. The molecular weight excluding hydrogens is 258 g/mol. The number of hydrogen-bond acceptors (Lipinski definition) is 4. The van der Waals surface area contributed by atoms with E-state index >= 15 is 0 Å². The first kappa shape index (κ1) is 15.7. The van der Waals surface area contributed by atoms with Gasteiger partial charge < -0.3 is 19.9 Å². The predicted octanol–water partition coefficient (Wildman–Crippen LogP) is 1.24. The van der Waals surface area contributed by atoms with Gasteiger partial charge in [0.2, 0.25) is 5.91 Å². The Morgan fingerprint density at radius 2 is 2.20 bits per heavy atom. The van der Waals surface area contributed by atoms with E-state index in [4.69, 9.17) is 9.47 Å². The first-order chi connectivity index (χ1) is 9.58. The van der Waals surface area contributed by atoms with Crippen LogP contribution in [0.4, 0.5) is 0 Å². The number of aliphatic hydroxyl groups is 1. The minimum absolute atomic E-state index is 0.0184. The molecule has 1 saturated heterocycles. The summed E-state index contributed by atoms with van der Waals surface area (Å²) in [5, 5.41) is 13.1. The molecule has 116 valence electrons. The van der Waals surface area contributed by atoms with Crippen molar-refractivity contribution in [2.75, 3.05) is 19.8 Å². The van der Waals surface area contributed by atoms with Crippen molar-refractivity contribution in [1.82, 2.24) is 5.32 Å². The summed E-state index contributed by atoms with van der Waals surface area (Å²) >= 11 is 0. The third kappa shape index (κ3) is 3.71. The van der Waals surface area contributed by atoms with E-state index in [0.717, 1.165) is 25.9 Å². The van der Waals surface area contributed by atoms with Crippen LogP contribution in [0.25, 0.3) is 0 Å². The van der Waals surface area contributed by atoms with Gasteiger partial charge >= 0.3 is 0 Å². The zero-order chi connectivity index (χ0) is 14.6. The maximum atomic E-state index is 12.2. The molecule has 0 aromatic heterocycles. The summed E-state index contributed by atoms with van der Waals surface area (Å²) in [6, 6.07) is 0. The topological polar surface area (TPSA) is 67.8 Å². The molecule has 0 bridgehead atoms. The van der Waals surface area contributed by atoms with Gasteiger partial charge in [-0.25, -0.2) is 0 Å². The van der Waals surface area contributed by atoms with Crippen molar-refractivity contribution in [3.8, 4) is 0 Å². The van der Waals surface area contributed by atoms with Crippen LogP contribution < -0.4 is 5.32 Å². The molecule has 0 unspecified atom stereocenters. The second-order valence-corrected chi connectivity index (χ2v) is 5.99. The minimum atomic E-state index is -0.785. The fourth-order valence-electron chi connectivity index (χ4n) is 3.21. The highest BCUT2D eigenvalue weighted by molar-refractivity contribution is 5.79. The maximum Gasteiger partial charge on any atom is 0.225 e. The van der Waals surface area contributed by atoms with E-state index in [1.165, 1.54) is 0 Å². The van der Waals surface area contributed by atoms with E-state index in [-0.39, 0.29) is 24.0 Å². The van der Waals surface area contributed by atoms with Gasteiger partial charge in [0.05, 0.1) is 23.7 Å². The fourth-order valence-corrected chi connectivity index (χ4v) is 3.21. The van der Waals surface area contributed by atoms with Crippen molar-refractivity contribution in [1.29, 1.82) is 0 Å². The lowest BCUT2D eigenvalue weighted by atomic mass is 9.77. The molecule has 2 N–H and O–H groups in total. The number of amides is 1. The average molecular weight is 285 g/mol. The number of nitrogens with one attached hydrogen (secondary N) is 1. The third-order valence-electron chi connectivity index (χ3n) is 4.39. The van der Waals surface area contributed by atoms with Crippen LogP contribution >= 0.6 is 0 Å². The van der Waals surface area contributed by atoms with E-state index in [2.05, 4.69) is 5.32 Å². The van der Waals surface area contributed by atoms with Crippen molar-refractivity contribution in [2.45, 2.75) is 63.8 Å². The second-order valence-electron chi connectivity index (χ2n) is 5.99. The van der Waals surface area contributed by atoms with E-state index in [1.54, 1.807) is 0 Å². The van der Waals surface area contributed by atoms with Crippen LogP contribution in [0.15, 0.2) is 0 Å². The Labute approximate surface area is 121 Å². The first-order valence-electron chi connectivity index (χ1n) is 7.81. The zero-order valence-corrected chi connectivity index (χ0v) is 12.6. The Morgan fingerprint density at radius 3 is 2.85 bits per heavy atom. The smallest absolute Gasteiger partial charge is 0.225 e. The maximum absolute atomic E-state index is 12.2. The largest absolute Gasteiger partial charge is 0.388 e. The first-order valence-corrected chi connectivity index (χ1v) is 7.81. The minimum Gasteiger partial charge on any atom is -0.388 e. The van der Waals surface area contributed by atoms with Crippen molar-refractivity contribution >= 4 is 5.91 Å². The van der Waals surface area contributed by atoms with Crippen LogP contribution in [0.1, 0.15) is 46.0 Å². The molecule has 5 nitrogen and oxygen atoms in total. The summed E-state index contributed by atoms with van der Waals surface area (Å²) in [5.41, 5.74) is -0.785. The van der Waals surface area contributed by atoms with Crippen LogP contribution in [-0.4, -0.2) is 48.6 Å². The van der Waals surface area contributed by atoms with Crippen molar-refractivity contribution in [3.05, 3.63) is 0 Å². The van der Waals surface area contributed by atoms with Crippen LogP contribution in [0, 0.1) is 5.92 Å². The molecular formula is C15H27NO4. The summed E-state index contributed by atoms with van der Waals surface area (Å²) in [6.07, 6.45) is 4.06. The molecule has 1 saturated carbocycles. The Bertz CT molecular complexity index is 328. The molecule has 0 spiro atoms. The van der Waals surface area contributed by atoms with Crippen LogP contribution in [0.2, 0.25) is 0 Å². The fraction of sp³-hybridized carbons (Fsp3) is 0.933. The SMILES string of the molecule is CCOC1CC(O)(CNC(=O)[C@@H]2CCCO[C@@H]2CC)C1. The molecule has 2 aliphatic rings. The number of carbonyl (C=O) groups excluding carboxylic acids is 1. The molecule has 1 aliphatic carbocycles. The van der Waals surface area contributed by atoms with Gasteiger partial charge in [0.1, 0.15) is 0 Å². The standard InChI is InChI=1S/C15H27NO4/c1-3-13-12(6-5-7-20-13)14(17)16-10-15(18)8-11(9-15)19-4-2/h11-13,18H,3-10H2,1-2H3,(H,16,17)/t11?,12-,13-,15?/m1/s1. The predicted molar refractivity (Wildman–Crippen MR) is 75.4 cm³/mol. The van der Waals surface area contributed by atoms with Crippen LogP contribution in [0.5, 0.6) is 0 Å². The van der Waals surface area contributed by atoms with Gasteiger partial charge in [0.15, 0.2) is 0 Å². The molecule has 2 fully saturated rings. The summed E-state index contributed by atoms with van der Waals surface area (Å²) in [7, 11) is 0. The summed E-state index contributed by atoms with van der Waals surface area (Å²) in [6.45, 7) is 5.74. The van der Waals surface area contributed by atoms with Crippen molar-refractivity contribution in [2.24, 2.45) is 5.92 Å². The summed E-state index contributed by atoms with van der Waals surface area (Å²) < 4.78 is 11.1. The van der Waals surface area contributed by atoms with Gasteiger partial charge in [-0.15, -0.1) is 0 Å². The highest BCUT2D eigenvalue weighted by Crippen LogP contribution is 2.34. The van der Waals surface area contributed by atoms with E-state index in [9.17, 15) is 9.90 Å². The zero-order valence-electron chi connectivity index (χ0n) is 12.6. The van der Waals surface area contributed by atoms with Gasteiger partial charge in [-0.3, -0.25) is 4.79 Å². The summed E-state index contributed by atoms with van der Waals surface area (Å²) in [4.78, 5) is 12.2. The molecule has 2 rings (SSSR count). The van der Waals surface area contributed by atoms with Gasteiger partial charge in [-0.2, -0.15) is 0 Å². The van der Waals surface area contributed by atoms with Crippen LogP contribution in [0.3, 0.4) is 0 Å².